The van der Waals surface area contributed by atoms with Crippen LogP contribution in [0.25, 0.3) is 0 Å². The molecule has 0 amide bonds. The van der Waals surface area contributed by atoms with Gasteiger partial charge in [-0.3, -0.25) is 0 Å². The van der Waals surface area contributed by atoms with Gasteiger partial charge < -0.3 is 14.6 Å². The van der Waals surface area contributed by atoms with Gasteiger partial charge in [-0.25, -0.2) is 0 Å². The fraction of sp³-hybridized carbons (Fsp3) is 0.455. The van der Waals surface area contributed by atoms with Gasteiger partial charge in [0.25, 0.3) is 0 Å². The summed E-state index contributed by atoms with van der Waals surface area (Å²) in [5, 5.41) is 11.2. The summed E-state index contributed by atoms with van der Waals surface area (Å²) in [6, 6.07) is 7.43. The fourth-order valence-electron chi connectivity index (χ4n) is 2.95. The first-order valence-corrected chi connectivity index (χ1v) is 10.4. The zero-order valence-corrected chi connectivity index (χ0v) is 19.2. The predicted molar refractivity (Wildman–Crippen MR) is 118 cm³/mol. The summed E-state index contributed by atoms with van der Waals surface area (Å²) in [7, 11) is 0. The molecular formula is C22H27Cl3O3. The molecule has 1 N–H and O–H groups in total. The maximum absolute atomic E-state index is 9.95. The van der Waals surface area contributed by atoms with Gasteiger partial charge in [0.1, 0.15) is 5.75 Å². The van der Waals surface area contributed by atoms with Gasteiger partial charge in [0.15, 0.2) is 5.75 Å². The number of phenols is 1. The summed E-state index contributed by atoms with van der Waals surface area (Å²) in [5.74, 6) is 0.578. The molecule has 0 spiro atoms. The Hall–Kier alpha value is -1.13. The minimum Gasteiger partial charge on any atom is -0.506 e. The lowest BCUT2D eigenvalue weighted by molar-refractivity contribution is 0.106. The average Bonchev–Trinajstić information content (AvgIpc) is 2.62. The Morgan fingerprint density at radius 2 is 1.54 bits per heavy atom. The van der Waals surface area contributed by atoms with Crippen molar-refractivity contribution >= 4 is 34.8 Å². The third-order valence-electron chi connectivity index (χ3n) is 4.89. The highest BCUT2D eigenvalue weighted by molar-refractivity contribution is 6.37. The predicted octanol–water partition coefficient (Wildman–Crippen LogP) is 7.18. The van der Waals surface area contributed by atoms with Crippen molar-refractivity contribution in [2.45, 2.75) is 52.6 Å². The first kappa shape index (κ1) is 23.2. The standard InChI is InChI=1S/C22H27Cl3O3/c1-6-27-8-7-14(3)28-21-18(24)11-16(12-19(21)25)22(4,5)15-9-13(2)20(26)17(23)10-15/h9-12,14,26H,6-8H2,1-5H3. The van der Waals surface area contributed by atoms with Crippen LogP contribution < -0.4 is 4.74 Å². The van der Waals surface area contributed by atoms with E-state index in [-0.39, 0.29) is 11.9 Å². The van der Waals surface area contributed by atoms with Gasteiger partial charge in [0.05, 0.1) is 27.8 Å². The van der Waals surface area contributed by atoms with Gasteiger partial charge in [-0.15, -0.1) is 0 Å². The molecule has 0 fully saturated rings. The average molecular weight is 446 g/mol. The van der Waals surface area contributed by atoms with E-state index in [1.807, 2.05) is 39.0 Å². The molecule has 2 aromatic carbocycles. The second kappa shape index (κ2) is 9.58. The van der Waals surface area contributed by atoms with Gasteiger partial charge in [-0.05, 0) is 55.7 Å². The number of benzene rings is 2. The molecule has 0 saturated heterocycles. The normalized spacial score (nSPS) is 12.9. The third kappa shape index (κ3) is 5.27. The number of ether oxygens (including phenoxy) is 2. The number of aryl methyl sites for hydroxylation is 1. The Kier molecular flexibility index (Phi) is 7.92. The summed E-state index contributed by atoms with van der Waals surface area (Å²) < 4.78 is 11.3. The second-order valence-electron chi connectivity index (χ2n) is 7.43. The highest BCUT2D eigenvalue weighted by atomic mass is 35.5. The number of phenolic OH excluding ortho intramolecular Hbond substituents is 1. The lowest BCUT2D eigenvalue weighted by Gasteiger charge is -2.28. The second-order valence-corrected chi connectivity index (χ2v) is 8.65. The van der Waals surface area contributed by atoms with Crippen LogP contribution in [0.1, 0.15) is 50.8 Å². The molecule has 2 aromatic rings. The third-order valence-corrected chi connectivity index (χ3v) is 5.74. The minimum absolute atomic E-state index is 0.0704. The molecule has 154 valence electrons. The fourth-order valence-corrected chi connectivity index (χ4v) is 3.79. The van der Waals surface area contributed by atoms with Crippen LogP contribution >= 0.6 is 34.8 Å². The Bertz CT molecular complexity index is 788. The molecule has 0 aliphatic heterocycles. The van der Waals surface area contributed by atoms with Crippen molar-refractivity contribution < 1.29 is 14.6 Å². The molecule has 0 saturated carbocycles. The van der Waals surface area contributed by atoms with E-state index in [1.165, 1.54) is 0 Å². The summed E-state index contributed by atoms with van der Waals surface area (Å²) in [4.78, 5) is 0. The van der Waals surface area contributed by atoms with Crippen molar-refractivity contribution in [1.82, 2.24) is 0 Å². The number of aromatic hydroxyl groups is 1. The highest BCUT2D eigenvalue weighted by Crippen LogP contribution is 2.42. The molecule has 0 aromatic heterocycles. The number of rotatable bonds is 8. The van der Waals surface area contributed by atoms with Gasteiger partial charge in [0.2, 0.25) is 0 Å². The lowest BCUT2D eigenvalue weighted by atomic mass is 9.77. The van der Waals surface area contributed by atoms with Gasteiger partial charge in [-0.1, -0.05) is 54.7 Å². The van der Waals surface area contributed by atoms with E-state index in [0.717, 1.165) is 23.1 Å². The number of hydrogen-bond acceptors (Lipinski definition) is 3. The van der Waals surface area contributed by atoms with E-state index in [2.05, 4.69) is 13.8 Å². The van der Waals surface area contributed by atoms with Crippen molar-refractivity contribution in [3.63, 3.8) is 0 Å². The summed E-state index contributed by atoms with van der Waals surface area (Å²) in [6.07, 6.45) is 0.679. The van der Waals surface area contributed by atoms with Crippen molar-refractivity contribution in [3.8, 4) is 11.5 Å². The Morgan fingerprint density at radius 3 is 2.07 bits per heavy atom. The lowest BCUT2D eigenvalue weighted by Crippen LogP contribution is -2.20. The van der Waals surface area contributed by atoms with E-state index in [4.69, 9.17) is 44.3 Å². The van der Waals surface area contributed by atoms with Crippen molar-refractivity contribution in [2.24, 2.45) is 0 Å². The van der Waals surface area contributed by atoms with Gasteiger partial charge >= 0.3 is 0 Å². The molecule has 0 heterocycles. The van der Waals surface area contributed by atoms with E-state index < -0.39 is 5.41 Å². The van der Waals surface area contributed by atoms with Crippen LogP contribution in [0.5, 0.6) is 11.5 Å². The smallest absolute Gasteiger partial charge is 0.156 e. The van der Waals surface area contributed by atoms with Crippen LogP contribution in [-0.2, 0) is 10.2 Å². The van der Waals surface area contributed by atoms with Crippen molar-refractivity contribution in [1.29, 1.82) is 0 Å². The molecule has 2 rings (SSSR count). The molecule has 1 atom stereocenters. The number of halogens is 3. The van der Waals surface area contributed by atoms with E-state index in [9.17, 15) is 5.11 Å². The maximum atomic E-state index is 9.95. The van der Waals surface area contributed by atoms with E-state index in [1.54, 1.807) is 6.07 Å². The first-order chi connectivity index (χ1) is 13.1. The molecule has 0 bridgehead atoms. The topological polar surface area (TPSA) is 38.7 Å². The highest BCUT2D eigenvalue weighted by Gasteiger charge is 2.27. The largest absolute Gasteiger partial charge is 0.506 e. The monoisotopic (exact) mass is 444 g/mol. The molecular weight excluding hydrogens is 419 g/mol. The zero-order chi connectivity index (χ0) is 21.1. The molecule has 0 aliphatic carbocycles. The molecule has 28 heavy (non-hydrogen) atoms. The molecule has 1 unspecified atom stereocenters. The van der Waals surface area contributed by atoms with Crippen LogP contribution in [0, 0.1) is 6.92 Å². The van der Waals surface area contributed by atoms with Crippen LogP contribution in [0.2, 0.25) is 15.1 Å². The van der Waals surface area contributed by atoms with Crippen LogP contribution in [0.15, 0.2) is 24.3 Å². The zero-order valence-electron chi connectivity index (χ0n) is 16.9. The van der Waals surface area contributed by atoms with Crippen LogP contribution in [-0.4, -0.2) is 24.4 Å². The first-order valence-electron chi connectivity index (χ1n) is 9.31. The Morgan fingerprint density at radius 1 is 1.00 bits per heavy atom. The van der Waals surface area contributed by atoms with Crippen LogP contribution in [0.3, 0.4) is 0 Å². The molecule has 3 nitrogen and oxygen atoms in total. The van der Waals surface area contributed by atoms with Crippen LogP contribution in [0.4, 0.5) is 0 Å². The summed E-state index contributed by atoms with van der Waals surface area (Å²) >= 11 is 19.2. The van der Waals surface area contributed by atoms with E-state index >= 15 is 0 Å². The van der Waals surface area contributed by atoms with Gasteiger partial charge in [0, 0.05) is 18.4 Å². The molecule has 0 aliphatic rings. The van der Waals surface area contributed by atoms with E-state index in [0.29, 0.717) is 34.0 Å². The van der Waals surface area contributed by atoms with Crippen molar-refractivity contribution in [2.75, 3.05) is 13.2 Å². The summed E-state index contributed by atoms with van der Waals surface area (Å²) in [6.45, 7) is 11.2. The SMILES string of the molecule is CCOCCC(C)Oc1c(Cl)cc(C(C)(C)c2cc(C)c(O)c(Cl)c2)cc1Cl. The molecule has 6 heteroatoms. The Labute approximate surface area is 182 Å². The van der Waals surface area contributed by atoms with Gasteiger partial charge in [-0.2, -0.15) is 0 Å². The molecule has 0 radical (unpaired) electrons. The number of hydrogen-bond donors (Lipinski definition) is 1. The Balaban J connectivity index is 2.32. The summed E-state index contributed by atoms with van der Waals surface area (Å²) in [5.41, 5.74) is 2.18. The minimum atomic E-state index is -0.422. The van der Waals surface area contributed by atoms with Crippen molar-refractivity contribution in [3.05, 3.63) is 56.0 Å². The maximum Gasteiger partial charge on any atom is 0.156 e. The quantitative estimate of drug-likeness (QED) is 0.437.